The van der Waals surface area contributed by atoms with E-state index in [-0.39, 0.29) is 18.6 Å². The number of nitrogens with one attached hydrogen (secondary N) is 1. The Kier molecular flexibility index (Phi) is 3.49. The van der Waals surface area contributed by atoms with Gasteiger partial charge in [0.05, 0.1) is 14.2 Å². The van der Waals surface area contributed by atoms with Crippen LogP contribution in [0.25, 0.3) is 0 Å². The van der Waals surface area contributed by atoms with Gasteiger partial charge in [-0.2, -0.15) is 0 Å². The monoisotopic (exact) mass is 237 g/mol. The quantitative estimate of drug-likeness (QED) is 0.848. The summed E-state index contributed by atoms with van der Waals surface area (Å²) in [6, 6.07) is 5.56. The number of methoxy groups -OCH3 is 2. The fourth-order valence-electron chi connectivity index (χ4n) is 1.72. The predicted octanol–water partition coefficient (Wildman–Crippen LogP) is 0.891. The molecule has 5 nitrogen and oxygen atoms in total. The standard InChI is InChI=1S/C12H15NO4/c1-15-9-3-8(4-10(5-9)16-2)11-6-13-12(14)7-17-11/h3-5,11H,6-7H2,1-2H3,(H,13,14)/t11-/m0/s1. The maximum atomic E-state index is 11.0. The van der Waals surface area contributed by atoms with Crippen molar-refractivity contribution >= 4 is 5.91 Å². The number of ether oxygens (including phenoxy) is 3. The molecule has 1 amide bonds. The predicted molar refractivity (Wildman–Crippen MR) is 61.2 cm³/mol. The second-order valence-corrected chi connectivity index (χ2v) is 3.75. The zero-order chi connectivity index (χ0) is 12.3. The molecular formula is C12H15NO4. The summed E-state index contributed by atoms with van der Waals surface area (Å²) in [5.74, 6) is 1.33. The summed E-state index contributed by atoms with van der Waals surface area (Å²) in [5.41, 5.74) is 0.932. The van der Waals surface area contributed by atoms with Gasteiger partial charge in [-0.1, -0.05) is 0 Å². The largest absolute Gasteiger partial charge is 0.497 e. The van der Waals surface area contributed by atoms with Crippen molar-refractivity contribution in [2.75, 3.05) is 27.4 Å². The molecule has 0 aliphatic carbocycles. The van der Waals surface area contributed by atoms with Crippen LogP contribution in [0.2, 0.25) is 0 Å². The molecule has 0 spiro atoms. The Bertz CT molecular complexity index is 387. The number of hydrogen-bond acceptors (Lipinski definition) is 4. The van der Waals surface area contributed by atoms with Gasteiger partial charge in [0.15, 0.2) is 0 Å². The normalized spacial score (nSPS) is 19.6. The van der Waals surface area contributed by atoms with E-state index < -0.39 is 0 Å². The van der Waals surface area contributed by atoms with E-state index in [1.54, 1.807) is 20.3 Å². The van der Waals surface area contributed by atoms with Crippen LogP contribution >= 0.6 is 0 Å². The highest BCUT2D eigenvalue weighted by atomic mass is 16.5. The van der Waals surface area contributed by atoms with Crippen molar-refractivity contribution in [2.24, 2.45) is 0 Å². The highest BCUT2D eigenvalue weighted by Crippen LogP contribution is 2.28. The first-order chi connectivity index (χ1) is 8.22. The first kappa shape index (κ1) is 11.7. The Hall–Kier alpha value is -1.75. The zero-order valence-corrected chi connectivity index (χ0v) is 9.86. The third-order valence-corrected chi connectivity index (χ3v) is 2.65. The topological polar surface area (TPSA) is 56.8 Å². The molecule has 1 aliphatic rings. The van der Waals surface area contributed by atoms with E-state index >= 15 is 0 Å². The Morgan fingerprint density at radius 2 is 1.88 bits per heavy atom. The number of carbonyl (C=O) groups is 1. The summed E-state index contributed by atoms with van der Waals surface area (Å²) in [6.45, 7) is 0.555. The average molecular weight is 237 g/mol. The molecular weight excluding hydrogens is 222 g/mol. The molecule has 1 saturated heterocycles. The number of benzene rings is 1. The number of carbonyl (C=O) groups excluding carboxylic acids is 1. The summed E-state index contributed by atoms with van der Waals surface area (Å²) in [4.78, 5) is 11.0. The first-order valence-corrected chi connectivity index (χ1v) is 5.34. The highest BCUT2D eigenvalue weighted by Gasteiger charge is 2.21. The number of morpholine rings is 1. The van der Waals surface area contributed by atoms with E-state index in [1.807, 2.05) is 12.1 Å². The van der Waals surface area contributed by atoms with Crippen molar-refractivity contribution in [1.82, 2.24) is 5.32 Å². The summed E-state index contributed by atoms with van der Waals surface area (Å²) in [6.07, 6.45) is -0.156. The Balaban J connectivity index is 2.22. The maximum absolute atomic E-state index is 11.0. The minimum Gasteiger partial charge on any atom is -0.497 e. The van der Waals surface area contributed by atoms with Gasteiger partial charge in [-0.25, -0.2) is 0 Å². The highest BCUT2D eigenvalue weighted by molar-refractivity contribution is 5.77. The third-order valence-electron chi connectivity index (χ3n) is 2.65. The Morgan fingerprint density at radius 1 is 1.24 bits per heavy atom. The molecule has 1 heterocycles. The fraction of sp³-hybridized carbons (Fsp3) is 0.417. The van der Waals surface area contributed by atoms with E-state index in [0.717, 1.165) is 5.56 Å². The molecule has 0 saturated carbocycles. The van der Waals surface area contributed by atoms with E-state index in [9.17, 15) is 4.79 Å². The first-order valence-electron chi connectivity index (χ1n) is 5.34. The summed E-state index contributed by atoms with van der Waals surface area (Å²) >= 11 is 0. The van der Waals surface area contributed by atoms with E-state index in [1.165, 1.54) is 0 Å². The van der Waals surface area contributed by atoms with Crippen molar-refractivity contribution in [1.29, 1.82) is 0 Å². The van der Waals surface area contributed by atoms with E-state index in [0.29, 0.717) is 18.0 Å². The molecule has 0 unspecified atom stereocenters. The minimum atomic E-state index is -0.156. The van der Waals surface area contributed by atoms with E-state index in [4.69, 9.17) is 14.2 Å². The molecule has 1 aliphatic heterocycles. The third kappa shape index (κ3) is 2.68. The maximum Gasteiger partial charge on any atom is 0.246 e. The molecule has 1 aromatic rings. The van der Waals surface area contributed by atoms with Crippen LogP contribution in [0.1, 0.15) is 11.7 Å². The lowest BCUT2D eigenvalue weighted by molar-refractivity contribution is -0.133. The molecule has 1 N–H and O–H groups in total. The lowest BCUT2D eigenvalue weighted by Crippen LogP contribution is -2.38. The number of hydrogen-bond donors (Lipinski definition) is 1. The summed E-state index contributed by atoms with van der Waals surface area (Å²) in [5, 5.41) is 2.76. The van der Waals surface area contributed by atoms with Gasteiger partial charge in [-0.3, -0.25) is 4.79 Å². The van der Waals surface area contributed by atoms with Gasteiger partial charge in [-0.15, -0.1) is 0 Å². The molecule has 17 heavy (non-hydrogen) atoms. The lowest BCUT2D eigenvalue weighted by atomic mass is 10.1. The van der Waals surface area contributed by atoms with Crippen LogP contribution in [0.15, 0.2) is 18.2 Å². The lowest BCUT2D eigenvalue weighted by Gasteiger charge is -2.24. The number of rotatable bonds is 3. The van der Waals surface area contributed by atoms with Crippen LogP contribution in [0.3, 0.4) is 0 Å². The smallest absolute Gasteiger partial charge is 0.246 e. The minimum absolute atomic E-state index is 0.0869. The molecule has 92 valence electrons. The van der Waals surface area contributed by atoms with Crippen molar-refractivity contribution in [2.45, 2.75) is 6.10 Å². The molecule has 5 heteroatoms. The van der Waals surface area contributed by atoms with Crippen LogP contribution < -0.4 is 14.8 Å². The Labute approximate surface area is 99.7 Å². The second kappa shape index (κ2) is 5.05. The summed E-state index contributed by atoms with van der Waals surface area (Å²) < 4.78 is 15.8. The van der Waals surface area contributed by atoms with Gasteiger partial charge in [0.2, 0.25) is 5.91 Å². The van der Waals surface area contributed by atoms with Gasteiger partial charge in [0.1, 0.15) is 24.2 Å². The van der Waals surface area contributed by atoms with Gasteiger partial charge in [0, 0.05) is 12.6 Å². The SMILES string of the molecule is COc1cc(OC)cc([C@@H]2CNC(=O)CO2)c1. The van der Waals surface area contributed by atoms with E-state index in [2.05, 4.69) is 5.32 Å². The van der Waals surface area contributed by atoms with Crippen molar-refractivity contribution in [3.63, 3.8) is 0 Å². The number of amides is 1. The molecule has 0 radical (unpaired) electrons. The van der Waals surface area contributed by atoms with Gasteiger partial charge >= 0.3 is 0 Å². The molecule has 2 rings (SSSR count). The van der Waals surface area contributed by atoms with Gasteiger partial charge in [-0.05, 0) is 17.7 Å². The molecule has 1 atom stereocenters. The van der Waals surface area contributed by atoms with Crippen LogP contribution in [0.4, 0.5) is 0 Å². The van der Waals surface area contributed by atoms with Crippen molar-refractivity contribution < 1.29 is 19.0 Å². The zero-order valence-electron chi connectivity index (χ0n) is 9.86. The fourth-order valence-corrected chi connectivity index (χ4v) is 1.72. The molecule has 0 aromatic heterocycles. The summed E-state index contributed by atoms with van der Waals surface area (Å²) in [7, 11) is 3.20. The van der Waals surface area contributed by atoms with Crippen LogP contribution in [0, 0.1) is 0 Å². The van der Waals surface area contributed by atoms with Crippen molar-refractivity contribution in [3.05, 3.63) is 23.8 Å². The Morgan fingerprint density at radius 3 is 2.35 bits per heavy atom. The molecule has 1 fully saturated rings. The second-order valence-electron chi connectivity index (χ2n) is 3.75. The van der Waals surface area contributed by atoms with Gasteiger partial charge < -0.3 is 19.5 Å². The molecule has 0 bridgehead atoms. The van der Waals surface area contributed by atoms with Crippen LogP contribution in [-0.4, -0.2) is 33.3 Å². The molecule has 1 aromatic carbocycles. The van der Waals surface area contributed by atoms with Crippen LogP contribution in [-0.2, 0) is 9.53 Å². The average Bonchev–Trinajstić information content (AvgIpc) is 2.39. The van der Waals surface area contributed by atoms with Crippen LogP contribution in [0.5, 0.6) is 11.5 Å². The van der Waals surface area contributed by atoms with Gasteiger partial charge in [0.25, 0.3) is 0 Å². The van der Waals surface area contributed by atoms with Crippen molar-refractivity contribution in [3.8, 4) is 11.5 Å².